The maximum Gasteiger partial charge on any atom is 0.191 e. The van der Waals surface area contributed by atoms with Gasteiger partial charge in [0.15, 0.2) is 5.96 Å². The number of ether oxygens (including phenoxy) is 1. The third kappa shape index (κ3) is 7.31. The molecule has 2 aliphatic heterocycles. The normalized spacial score (nSPS) is 21.6. The Balaban J connectivity index is 0.00000324. The Bertz CT molecular complexity index is 894. The van der Waals surface area contributed by atoms with E-state index in [1.54, 1.807) is 0 Å². The van der Waals surface area contributed by atoms with Crippen LogP contribution in [-0.2, 0) is 11.3 Å². The highest BCUT2D eigenvalue weighted by atomic mass is 127. The number of benzene rings is 1. The minimum atomic E-state index is 0. The summed E-state index contributed by atoms with van der Waals surface area (Å²) in [6, 6.07) is 13.1. The number of aliphatic imine (C=N–C) groups is 1. The molecule has 4 rings (SSSR count). The highest BCUT2D eigenvalue weighted by molar-refractivity contribution is 14.0. The van der Waals surface area contributed by atoms with Crippen molar-refractivity contribution in [3.8, 4) is 0 Å². The highest BCUT2D eigenvalue weighted by Crippen LogP contribution is 2.33. The Morgan fingerprint density at radius 2 is 1.85 bits per heavy atom. The largest absolute Gasteiger partial charge is 0.373 e. The molecule has 0 bridgehead atoms. The van der Waals surface area contributed by atoms with E-state index >= 15 is 0 Å². The molecular weight excluding hydrogens is 537 g/mol. The van der Waals surface area contributed by atoms with Crippen molar-refractivity contribution in [1.82, 2.24) is 15.6 Å². The number of aryl methyl sites for hydroxylation is 1. The third-order valence-corrected chi connectivity index (χ3v) is 6.98. The van der Waals surface area contributed by atoms with Crippen molar-refractivity contribution in [3.05, 3.63) is 59.3 Å². The number of anilines is 1. The van der Waals surface area contributed by atoms with Crippen LogP contribution in [-0.4, -0.2) is 44.2 Å². The number of guanidine groups is 1. The van der Waals surface area contributed by atoms with Gasteiger partial charge < -0.3 is 20.3 Å². The molecule has 0 aliphatic carbocycles. The average Bonchev–Trinajstić information content (AvgIpc) is 2.86. The lowest BCUT2D eigenvalue weighted by Gasteiger charge is -2.32. The van der Waals surface area contributed by atoms with E-state index in [1.807, 2.05) is 13.2 Å². The van der Waals surface area contributed by atoms with Gasteiger partial charge in [0.05, 0.1) is 6.10 Å². The molecule has 3 heterocycles. The summed E-state index contributed by atoms with van der Waals surface area (Å²) in [5, 5.41) is 6.95. The van der Waals surface area contributed by atoms with Gasteiger partial charge in [0.1, 0.15) is 5.82 Å². The lowest BCUT2D eigenvalue weighted by atomic mass is 9.89. The summed E-state index contributed by atoms with van der Waals surface area (Å²) in [6.07, 6.45) is 6.89. The van der Waals surface area contributed by atoms with Crippen molar-refractivity contribution in [2.24, 2.45) is 16.8 Å². The van der Waals surface area contributed by atoms with Crippen LogP contribution in [0.4, 0.5) is 5.82 Å². The van der Waals surface area contributed by atoms with Gasteiger partial charge in [-0.1, -0.05) is 42.8 Å². The van der Waals surface area contributed by atoms with Gasteiger partial charge in [-0.2, -0.15) is 0 Å². The van der Waals surface area contributed by atoms with Crippen molar-refractivity contribution in [2.45, 2.75) is 52.2 Å². The van der Waals surface area contributed by atoms with Gasteiger partial charge in [-0.05, 0) is 55.7 Å². The summed E-state index contributed by atoms with van der Waals surface area (Å²) in [4.78, 5) is 11.5. The number of nitrogens with one attached hydrogen (secondary N) is 2. The number of nitrogens with zero attached hydrogens (tertiary/aromatic N) is 3. The lowest BCUT2D eigenvalue weighted by molar-refractivity contribution is -0.0265. The van der Waals surface area contributed by atoms with Crippen LogP contribution in [0.5, 0.6) is 0 Å². The van der Waals surface area contributed by atoms with Crippen molar-refractivity contribution in [1.29, 1.82) is 0 Å². The minimum absolute atomic E-state index is 0. The van der Waals surface area contributed by atoms with Gasteiger partial charge in [-0.3, -0.25) is 4.99 Å². The van der Waals surface area contributed by atoms with E-state index < -0.39 is 0 Å². The van der Waals surface area contributed by atoms with E-state index in [4.69, 9.17) is 9.72 Å². The van der Waals surface area contributed by atoms with E-state index in [0.717, 1.165) is 62.3 Å². The molecule has 1 aromatic heterocycles. The van der Waals surface area contributed by atoms with Gasteiger partial charge >= 0.3 is 0 Å². The fourth-order valence-corrected chi connectivity index (χ4v) is 4.76. The molecule has 2 unspecified atom stereocenters. The first-order valence-corrected chi connectivity index (χ1v) is 12.4. The molecule has 0 spiro atoms. The van der Waals surface area contributed by atoms with Crippen molar-refractivity contribution < 1.29 is 4.74 Å². The first kappa shape index (κ1) is 26.7. The summed E-state index contributed by atoms with van der Waals surface area (Å²) in [5.41, 5.74) is 3.71. The zero-order valence-electron chi connectivity index (χ0n) is 20.8. The van der Waals surface area contributed by atoms with Gasteiger partial charge in [-0.25, -0.2) is 4.98 Å². The first-order chi connectivity index (χ1) is 16.1. The third-order valence-electron chi connectivity index (χ3n) is 6.98. The Hall–Kier alpha value is -1.87. The number of hydrogen-bond acceptors (Lipinski definition) is 4. The standard InChI is InChI=1S/C27H39N5O.HI/c1-20-6-9-23(10-7-20)26-24(5-4-16-33-26)19-31-27(28-3)30-18-22-8-11-25(29-17-22)32-14-12-21(2)13-15-32;/h6-11,17,21,24,26H,4-5,12-16,18-19H2,1-3H3,(H2,28,30,31);1H. The molecule has 186 valence electrons. The summed E-state index contributed by atoms with van der Waals surface area (Å²) in [7, 11) is 1.82. The molecular formula is C27H40IN5O. The van der Waals surface area contributed by atoms with Crippen LogP contribution in [0, 0.1) is 18.8 Å². The molecule has 0 radical (unpaired) electrons. The van der Waals surface area contributed by atoms with Crippen molar-refractivity contribution in [2.75, 3.05) is 38.2 Å². The van der Waals surface area contributed by atoms with Crippen LogP contribution >= 0.6 is 24.0 Å². The molecule has 6 nitrogen and oxygen atoms in total. The molecule has 7 heteroatoms. The fraction of sp³-hybridized carbons (Fsp3) is 0.556. The predicted molar refractivity (Wildman–Crippen MR) is 151 cm³/mol. The number of hydrogen-bond donors (Lipinski definition) is 2. The van der Waals surface area contributed by atoms with Gasteiger partial charge in [0.2, 0.25) is 0 Å². The quantitative estimate of drug-likeness (QED) is 0.285. The van der Waals surface area contributed by atoms with E-state index in [0.29, 0.717) is 12.5 Å². The van der Waals surface area contributed by atoms with Gasteiger partial charge in [0.25, 0.3) is 0 Å². The molecule has 0 saturated carbocycles. The molecule has 2 saturated heterocycles. The van der Waals surface area contributed by atoms with Crippen LogP contribution in [0.3, 0.4) is 0 Å². The van der Waals surface area contributed by atoms with Crippen LogP contribution in [0.2, 0.25) is 0 Å². The van der Waals surface area contributed by atoms with Crippen molar-refractivity contribution in [3.63, 3.8) is 0 Å². The number of pyridine rings is 1. The van der Waals surface area contributed by atoms with Gasteiger partial charge in [-0.15, -0.1) is 24.0 Å². The average molecular weight is 578 g/mol. The lowest BCUT2D eigenvalue weighted by Crippen LogP contribution is -2.41. The Morgan fingerprint density at radius 1 is 1.09 bits per heavy atom. The summed E-state index contributed by atoms with van der Waals surface area (Å²) in [6.45, 7) is 9.05. The summed E-state index contributed by atoms with van der Waals surface area (Å²) >= 11 is 0. The summed E-state index contributed by atoms with van der Waals surface area (Å²) in [5.74, 6) is 3.16. The second-order valence-electron chi connectivity index (χ2n) is 9.61. The molecule has 1 aromatic carbocycles. The maximum absolute atomic E-state index is 6.17. The van der Waals surface area contributed by atoms with Crippen LogP contribution in [0.15, 0.2) is 47.6 Å². The first-order valence-electron chi connectivity index (χ1n) is 12.4. The number of aromatic nitrogens is 1. The topological polar surface area (TPSA) is 61.8 Å². The minimum Gasteiger partial charge on any atom is -0.373 e. The van der Waals surface area contributed by atoms with Crippen LogP contribution in [0.1, 0.15) is 55.4 Å². The van der Waals surface area contributed by atoms with E-state index in [-0.39, 0.29) is 30.1 Å². The second kappa shape index (κ2) is 13.3. The molecule has 2 N–H and O–H groups in total. The zero-order valence-corrected chi connectivity index (χ0v) is 23.1. The number of halogens is 1. The van der Waals surface area contributed by atoms with Gasteiger partial charge in [0, 0.05) is 51.9 Å². The van der Waals surface area contributed by atoms with Crippen LogP contribution < -0.4 is 15.5 Å². The molecule has 2 fully saturated rings. The SMILES string of the molecule is CN=C(NCc1ccc(N2CCC(C)CC2)nc1)NCC1CCCOC1c1ccc(C)cc1.I. The fourth-order valence-electron chi connectivity index (χ4n) is 4.76. The Morgan fingerprint density at radius 3 is 2.53 bits per heavy atom. The molecule has 2 aromatic rings. The van der Waals surface area contributed by atoms with Crippen molar-refractivity contribution >= 4 is 35.8 Å². The maximum atomic E-state index is 6.17. The Labute approximate surface area is 222 Å². The molecule has 2 aliphatic rings. The molecule has 0 amide bonds. The predicted octanol–water partition coefficient (Wildman–Crippen LogP) is 5.08. The summed E-state index contributed by atoms with van der Waals surface area (Å²) < 4.78 is 6.17. The number of rotatable bonds is 6. The molecule has 34 heavy (non-hydrogen) atoms. The van der Waals surface area contributed by atoms with E-state index in [1.165, 1.54) is 24.0 Å². The number of piperidine rings is 1. The zero-order chi connectivity index (χ0) is 23.0. The second-order valence-corrected chi connectivity index (χ2v) is 9.61. The van der Waals surface area contributed by atoms with Crippen LogP contribution in [0.25, 0.3) is 0 Å². The Kier molecular flexibility index (Phi) is 10.4. The molecule has 2 atom stereocenters. The van der Waals surface area contributed by atoms with E-state index in [9.17, 15) is 0 Å². The smallest absolute Gasteiger partial charge is 0.191 e. The highest BCUT2D eigenvalue weighted by Gasteiger charge is 2.27. The monoisotopic (exact) mass is 577 g/mol. The van der Waals surface area contributed by atoms with E-state index in [2.05, 4.69) is 70.8 Å².